The Morgan fingerprint density at radius 3 is 2.90 bits per heavy atom. The number of benzene rings is 1. The molecule has 1 heterocycles. The van der Waals surface area contributed by atoms with Gasteiger partial charge in [0.2, 0.25) is 0 Å². The fourth-order valence-electron chi connectivity index (χ4n) is 2.99. The largest absolute Gasteiger partial charge is 0.318 e. The lowest BCUT2D eigenvalue weighted by Gasteiger charge is -2.27. The van der Waals surface area contributed by atoms with E-state index in [0.717, 1.165) is 18.7 Å². The van der Waals surface area contributed by atoms with Gasteiger partial charge in [-0.3, -0.25) is 20.9 Å². The maximum absolute atomic E-state index is 11.1. The maximum atomic E-state index is 11.1. The van der Waals surface area contributed by atoms with Gasteiger partial charge in [-0.05, 0) is 39.0 Å². The minimum atomic E-state index is -0.403. The molecule has 2 rings (SSSR count). The molecule has 1 aliphatic rings. The third-order valence-corrected chi connectivity index (χ3v) is 3.92. The number of anilines is 1. The Morgan fingerprint density at radius 1 is 1.52 bits per heavy atom. The third kappa shape index (κ3) is 3.69. The number of likely N-dealkylation sites (N-methyl/N-ethyl adjacent to an activating group) is 1. The molecule has 1 aliphatic heterocycles. The lowest BCUT2D eigenvalue weighted by molar-refractivity contribution is -0.384. The Kier molecular flexibility index (Phi) is 5.11. The minimum Gasteiger partial charge on any atom is -0.318 e. The van der Waals surface area contributed by atoms with E-state index in [2.05, 4.69) is 29.3 Å². The van der Waals surface area contributed by atoms with Crippen molar-refractivity contribution in [1.29, 1.82) is 0 Å². The van der Waals surface area contributed by atoms with Gasteiger partial charge in [-0.1, -0.05) is 12.1 Å². The van der Waals surface area contributed by atoms with Crippen LogP contribution in [-0.2, 0) is 6.54 Å². The number of hydrogen-bond donors (Lipinski definition) is 2. The van der Waals surface area contributed by atoms with Gasteiger partial charge >= 0.3 is 0 Å². The van der Waals surface area contributed by atoms with E-state index in [1.165, 1.54) is 18.9 Å². The van der Waals surface area contributed by atoms with Gasteiger partial charge in [0.05, 0.1) is 4.92 Å². The molecule has 1 saturated heterocycles. The second-order valence-corrected chi connectivity index (χ2v) is 5.74. The molecule has 116 valence electrons. The number of nitrogens with zero attached hydrogens (tertiary/aromatic N) is 3. The molecule has 1 atom stereocenters. The summed E-state index contributed by atoms with van der Waals surface area (Å²) in [5.41, 5.74) is 3.81. The SMILES string of the molecule is CN(C)CC1CCCN1Cc1cccc([N+](=O)[O-])c1NN. The number of hydrogen-bond acceptors (Lipinski definition) is 6. The van der Waals surface area contributed by atoms with Gasteiger partial charge in [-0.25, -0.2) is 0 Å². The number of rotatable bonds is 6. The predicted octanol–water partition coefficient (Wildman–Crippen LogP) is 1.41. The van der Waals surface area contributed by atoms with E-state index in [0.29, 0.717) is 18.3 Å². The minimum absolute atomic E-state index is 0.0263. The van der Waals surface area contributed by atoms with Crippen LogP contribution in [0.1, 0.15) is 18.4 Å². The standard InChI is InChI=1S/C14H23N5O2/c1-17(2)10-12-6-4-8-18(12)9-11-5-3-7-13(19(20)21)14(11)16-15/h3,5,7,12,16H,4,6,8-10,15H2,1-2H3. The van der Waals surface area contributed by atoms with E-state index < -0.39 is 4.92 Å². The van der Waals surface area contributed by atoms with Gasteiger partial charge in [-0.15, -0.1) is 0 Å². The summed E-state index contributed by atoms with van der Waals surface area (Å²) in [5.74, 6) is 5.50. The Morgan fingerprint density at radius 2 is 2.29 bits per heavy atom. The van der Waals surface area contributed by atoms with Crippen molar-refractivity contribution in [3.63, 3.8) is 0 Å². The first-order chi connectivity index (χ1) is 10.0. The quantitative estimate of drug-likeness (QED) is 0.468. The van der Waals surface area contributed by atoms with Gasteiger partial charge in [-0.2, -0.15) is 0 Å². The molecule has 21 heavy (non-hydrogen) atoms. The molecule has 0 spiro atoms. The van der Waals surface area contributed by atoms with Crippen LogP contribution in [0.5, 0.6) is 0 Å². The molecule has 0 aromatic heterocycles. The molecule has 1 unspecified atom stereocenters. The average Bonchev–Trinajstić information content (AvgIpc) is 2.84. The van der Waals surface area contributed by atoms with Crippen molar-refractivity contribution in [3.8, 4) is 0 Å². The monoisotopic (exact) mass is 293 g/mol. The predicted molar refractivity (Wildman–Crippen MR) is 82.9 cm³/mol. The Hall–Kier alpha value is -1.70. The number of nitrogen functional groups attached to an aromatic ring is 1. The van der Waals surface area contributed by atoms with Crippen LogP contribution in [0.2, 0.25) is 0 Å². The number of hydrazine groups is 1. The summed E-state index contributed by atoms with van der Waals surface area (Å²) in [4.78, 5) is 15.2. The third-order valence-electron chi connectivity index (χ3n) is 3.92. The molecule has 1 aromatic carbocycles. The fraction of sp³-hybridized carbons (Fsp3) is 0.571. The highest BCUT2D eigenvalue weighted by Gasteiger charge is 2.26. The molecule has 7 nitrogen and oxygen atoms in total. The van der Waals surface area contributed by atoms with Gasteiger partial charge < -0.3 is 10.3 Å². The van der Waals surface area contributed by atoms with Crippen LogP contribution < -0.4 is 11.3 Å². The number of nitrogens with two attached hydrogens (primary N) is 1. The first-order valence-corrected chi connectivity index (χ1v) is 7.14. The molecular formula is C14H23N5O2. The number of nitro benzene ring substituents is 1. The number of likely N-dealkylation sites (tertiary alicyclic amines) is 1. The molecule has 7 heteroatoms. The first kappa shape index (κ1) is 15.7. The normalized spacial score (nSPS) is 19.1. The van der Waals surface area contributed by atoms with Crippen molar-refractivity contribution in [2.75, 3.05) is 32.6 Å². The number of nitrogens with one attached hydrogen (secondary N) is 1. The number of nitro groups is 1. The van der Waals surface area contributed by atoms with E-state index in [1.807, 2.05) is 6.07 Å². The van der Waals surface area contributed by atoms with E-state index in [9.17, 15) is 10.1 Å². The Bertz CT molecular complexity index is 506. The maximum Gasteiger partial charge on any atom is 0.293 e. The summed E-state index contributed by atoms with van der Waals surface area (Å²) in [7, 11) is 4.13. The summed E-state index contributed by atoms with van der Waals surface area (Å²) in [6, 6.07) is 5.57. The van der Waals surface area contributed by atoms with E-state index >= 15 is 0 Å². The lowest BCUT2D eigenvalue weighted by Crippen LogP contribution is -2.37. The summed E-state index contributed by atoms with van der Waals surface area (Å²) in [6.07, 6.45) is 2.33. The molecule has 0 saturated carbocycles. The highest BCUT2D eigenvalue weighted by atomic mass is 16.6. The van der Waals surface area contributed by atoms with Gasteiger partial charge in [0.1, 0.15) is 5.69 Å². The first-order valence-electron chi connectivity index (χ1n) is 7.14. The molecule has 0 amide bonds. The highest BCUT2D eigenvalue weighted by Crippen LogP contribution is 2.30. The van der Waals surface area contributed by atoms with Crippen LogP contribution in [0.25, 0.3) is 0 Å². The van der Waals surface area contributed by atoms with Crippen LogP contribution in [0.4, 0.5) is 11.4 Å². The van der Waals surface area contributed by atoms with Crippen LogP contribution >= 0.6 is 0 Å². The number of para-hydroxylation sites is 1. The second kappa shape index (κ2) is 6.84. The lowest BCUT2D eigenvalue weighted by atomic mass is 10.1. The zero-order valence-electron chi connectivity index (χ0n) is 12.6. The van der Waals surface area contributed by atoms with E-state index in [4.69, 9.17) is 5.84 Å². The second-order valence-electron chi connectivity index (χ2n) is 5.74. The van der Waals surface area contributed by atoms with Crippen molar-refractivity contribution < 1.29 is 4.92 Å². The molecule has 1 aromatic rings. The van der Waals surface area contributed by atoms with Gasteiger partial charge in [0.25, 0.3) is 5.69 Å². The van der Waals surface area contributed by atoms with Crippen molar-refractivity contribution in [3.05, 3.63) is 33.9 Å². The smallest absolute Gasteiger partial charge is 0.293 e. The average molecular weight is 293 g/mol. The summed E-state index contributed by atoms with van der Waals surface area (Å²) in [6.45, 7) is 2.70. The van der Waals surface area contributed by atoms with Crippen molar-refractivity contribution in [2.24, 2.45) is 5.84 Å². The van der Waals surface area contributed by atoms with Gasteiger partial charge in [0.15, 0.2) is 0 Å². The van der Waals surface area contributed by atoms with Crippen molar-refractivity contribution in [2.45, 2.75) is 25.4 Å². The van der Waals surface area contributed by atoms with Crippen LogP contribution in [0.15, 0.2) is 18.2 Å². The fourth-order valence-corrected chi connectivity index (χ4v) is 2.99. The zero-order valence-corrected chi connectivity index (χ0v) is 12.6. The molecule has 0 bridgehead atoms. The van der Waals surface area contributed by atoms with E-state index in [1.54, 1.807) is 6.07 Å². The molecule has 0 aliphatic carbocycles. The molecular weight excluding hydrogens is 270 g/mol. The summed E-state index contributed by atoms with van der Waals surface area (Å²) < 4.78 is 0. The topological polar surface area (TPSA) is 87.7 Å². The van der Waals surface area contributed by atoms with Crippen LogP contribution in [0.3, 0.4) is 0 Å². The highest BCUT2D eigenvalue weighted by molar-refractivity contribution is 5.65. The zero-order chi connectivity index (χ0) is 15.4. The van der Waals surface area contributed by atoms with Crippen LogP contribution in [0, 0.1) is 10.1 Å². The summed E-state index contributed by atoms with van der Waals surface area (Å²) >= 11 is 0. The molecule has 3 N–H and O–H groups in total. The van der Waals surface area contributed by atoms with Crippen LogP contribution in [-0.4, -0.2) is 47.9 Å². The van der Waals surface area contributed by atoms with Crippen molar-refractivity contribution >= 4 is 11.4 Å². The molecule has 1 fully saturated rings. The molecule has 0 radical (unpaired) electrons. The Balaban J connectivity index is 2.19. The van der Waals surface area contributed by atoms with Crippen molar-refractivity contribution in [1.82, 2.24) is 9.80 Å². The van der Waals surface area contributed by atoms with Gasteiger partial charge in [0, 0.05) is 25.2 Å². The van der Waals surface area contributed by atoms with E-state index in [-0.39, 0.29) is 5.69 Å². The Labute approximate surface area is 124 Å². The summed E-state index contributed by atoms with van der Waals surface area (Å²) in [5, 5.41) is 11.1.